The Morgan fingerprint density at radius 3 is 1.86 bits per heavy atom. The molecule has 1 aliphatic rings. The highest BCUT2D eigenvalue weighted by Crippen LogP contribution is 2.28. The minimum atomic E-state index is -1.47. The molecule has 2 heterocycles. The molecule has 1 aromatic rings. The van der Waals surface area contributed by atoms with E-state index in [-0.39, 0.29) is 37.0 Å². The zero-order chi connectivity index (χ0) is 45.1. The van der Waals surface area contributed by atoms with Gasteiger partial charge in [0.05, 0.1) is 31.5 Å². The number of Topliss-reactive ketones (excluding diaryl/α,β-unsaturated/α-hetero) is 4. The fourth-order valence-electron chi connectivity index (χ4n) is 6.02. The van der Waals surface area contributed by atoms with Crippen molar-refractivity contribution in [1.82, 2.24) is 13.6 Å². The summed E-state index contributed by atoms with van der Waals surface area (Å²) < 4.78 is 49.7. The van der Waals surface area contributed by atoms with Gasteiger partial charge in [-0.25, -0.2) is 4.79 Å². The second-order valence-corrected chi connectivity index (χ2v) is 17.7. The molecule has 0 aromatic carbocycles. The Bertz CT molecular complexity index is 1620. The van der Waals surface area contributed by atoms with Crippen molar-refractivity contribution in [3.8, 4) is 5.88 Å². The van der Waals surface area contributed by atoms with E-state index >= 15 is 0 Å². The van der Waals surface area contributed by atoms with Crippen molar-refractivity contribution < 1.29 is 61.9 Å². The maximum Gasteiger partial charge on any atom is 0.332 e. The second-order valence-electron chi connectivity index (χ2n) is 17.2. The molecule has 1 aromatic heterocycles. The molecule has 0 N–H and O–H groups in total. The molecule has 59 heavy (non-hydrogen) atoms. The summed E-state index contributed by atoms with van der Waals surface area (Å²) in [7, 11) is 0. The van der Waals surface area contributed by atoms with Gasteiger partial charge in [0.2, 0.25) is 11.7 Å². The molecule has 4 unspecified atom stereocenters. The van der Waals surface area contributed by atoms with Crippen molar-refractivity contribution in [1.29, 1.82) is 0 Å². The predicted molar refractivity (Wildman–Crippen MR) is 220 cm³/mol. The number of carbonyl (C=O) groups excluding carboxylic acids is 6. The van der Waals surface area contributed by atoms with E-state index in [4.69, 9.17) is 33.2 Å². The number of nitrogens with zero attached hydrogens (tertiary/aromatic N) is 4. The van der Waals surface area contributed by atoms with Gasteiger partial charge < -0.3 is 43.0 Å². The predicted octanol–water partition coefficient (Wildman–Crippen LogP) is 4.35. The molecule has 1 fully saturated rings. The Balaban J connectivity index is 2.32. The SMILES string of the molecule is CCC(C)(OC(C)C(=O)C(C)(C)OCC(=O)N(C[C@@H](COc1nsnc1N1CCOCC1)OC(=O)COC(C)(CC)C(=O)C(C)OC(C)(C)C(C)=O)C(C)(C)C)C(C)=O. The molecule has 1 amide bonds. The summed E-state index contributed by atoms with van der Waals surface area (Å²) in [6, 6.07) is 0. The molecule has 0 radical (unpaired) electrons. The smallest absolute Gasteiger partial charge is 0.332 e. The number of rotatable bonds is 25. The first-order chi connectivity index (χ1) is 27.1. The van der Waals surface area contributed by atoms with Crippen molar-refractivity contribution in [3.05, 3.63) is 0 Å². The first-order valence-corrected chi connectivity index (χ1v) is 20.9. The monoisotopic (exact) mass is 856 g/mol. The second kappa shape index (κ2) is 21.4. The molecular formula is C41H68N4O13S. The zero-order valence-electron chi connectivity index (χ0n) is 37.8. The number of ether oxygens (including phenoxy) is 7. The normalized spacial score (nSPS) is 17.5. The maximum atomic E-state index is 14.0. The first-order valence-electron chi connectivity index (χ1n) is 20.2. The van der Waals surface area contributed by atoms with Gasteiger partial charge in [0.25, 0.3) is 5.88 Å². The van der Waals surface area contributed by atoms with Gasteiger partial charge in [0.1, 0.15) is 54.4 Å². The molecule has 0 saturated carbocycles. The van der Waals surface area contributed by atoms with Gasteiger partial charge >= 0.3 is 5.97 Å². The minimum Gasteiger partial charge on any atom is -0.470 e. The van der Waals surface area contributed by atoms with Crippen LogP contribution in [0.25, 0.3) is 0 Å². The van der Waals surface area contributed by atoms with Gasteiger partial charge in [-0.15, -0.1) is 4.37 Å². The molecule has 2 rings (SSSR count). The first kappa shape index (κ1) is 51.7. The molecule has 1 aliphatic heterocycles. The lowest BCUT2D eigenvalue weighted by atomic mass is 9.93. The lowest BCUT2D eigenvalue weighted by molar-refractivity contribution is -0.177. The van der Waals surface area contributed by atoms with Crippen molar-refractivity contribution in [2.45, 2.75) is 163 Å². The van der Waals surface area contributed by atoms with E-state index in [1.54, 1.807) is 62.3 Å². The van der Waals surface area contributed by atoms with Crippen LogP contribution in [0.1, 0.15) is 117 Å². The largest absolute Gasteiger partial charge is 0.470 e. The van der Waals surface area contributed by atoms with Gasteiger partial charge in [-0.1, -0.05) is 13.8 Å². The number of hydrogen-bond acceptors (Lipinski definition) is 17. The molecular weight excluding hydrogens is 789 g/mol. The van der Waals surface area contributed by atoms with Crippen LogP contribution in [0.4, 0.5) is 5.82 Å². The fourth-order valence-corrected chi connectivity index (χ4v) is 6.54. The molecule has 1 saturated heterocycles. The maximum absolute atomic E-state index is 14.0. The lowest BCUT2D eigenvalue weighted by Crippen LogP contribution is -2.54. The van der Waals surface area contributed by atoms with Crippen LogP contribution in [0.5, 0.6) is 5.88 Å². The van der Waals surface area contributed by atoms with E-state index in [9.17, 15) is 28.8 Å². The number of carbonyl (C=O) groups is 6. The van der Waals surface area contributed by atoms with Crippen molar-refractivity contribution in [2.75, 3.05) is 57.6 Å². The zero-order valence-corrected chi connectivity index (χ0v) is 38.6. The molecule has 0 spiro atoms. The van der Waals surface area contributed by atoms with E-state index < -0.39 is 82.9 Å². The van der Waals surface area contributed by atoms with Crippen LogP contribution in [0, 0.1) is 0 Å². The number of hydrogen-bond donors (Lipinski definition) is 0. The molecule has 18 heteroatoms. The van der Waals surface area contributed by atoms with E-state index in [2.05, 4.69) is 8.75 Å². The van der Waals surface area contributed by atoms with Crippen molar-refractivity contribution in [2.24, 2.45) is 0 Å². The van der Waals surface area contributed by atoms with E-state index in [0.717, 1.165) is 11.7 Å². The number of morpholine rings is 1. The Hall–Kier alpha value is -3.42. The number of amides is 1. The fraction of sp³-hybridized carbons (Fsp3) is 0.805. The Morgan fingerprint density at radius 1 is 0.763 bits per heavy atom. The number of anilines is 1. The van der Waals surface area contributed by atoms with Gasteiger partial charge in [-0.05, 0) is 103 Å². The third kappa shape index (κ3) is 14.6. The summed E-state index contributed by atoms with van der Waals surface area (Å²) in [6.07, 6.45) is -2.57. The molecule has 0 bridgehead atoms. The highest BCUT2D eigenvalue weighted by molar-refractivity contribution is 6.99. The highest BCUT2D eigenvalue weighted by Gasteiger charge is 2.42. The Labute approximate surface area is 353 Å². The van der Waals surface area contributed by atoms with Crippen LogP contribution in [0.2, 0.25) is 0 Å². The lowest BCUT2D eigenvalue weighted by Gasteiger charge is -2.39. The summed E-state index contributed by atoms with van der Waals surface area (Å²) in [6.45, 7) is 24.7. The summed E-state index contributed by atoms with van der Waals surface area (Å²) in [5.41, 5.74) is -6.15. The topological polar surface area (TPSA) is 199 Å². The van der Waals surface area contributed by atoms with Gasteiger partial charge in [-0.2, -0.15) is 4.37 Å². The standard InChI is InChI=1S/C41H68N4O13S/c1-16-40(14,29(6)47)58-26(3)33(50)39(12,13)54-24-31(48)45(37(7,8)9)22-30(23-53-36-35(42-59-43-36)44-18-20-52-21-19-44)56-32(49)25-55-41(15,17-2)34(51)27(4)57-38(10,11)28(5)46/h26-27,30H,16-25H2,1-15H3/t26?,27?,30-,40?,41?/m0/s1. The van der Waals surface area contributed by atoms with Crippen LogP contribution >= 0.6 is 11.7 Å². The van der Waals surface area contributed by atoms with Gasteiger partial charge in [-0.3, -0.25) is 24.0 Å². The quantitative estimate of drug-likeness (QED) is 0.126. The van der Waals surface area contributed by atoms with Gasteiger partial charge in [0.15, 0.2) is 29.2 Å². The summed E-state index contributed by atoms with van der Waals surface area (Å²) in [5.74, 6) is -2.00. The Kier molecular flexibility index (Phi) is 18.8. The van der Waals surface area contributed by atoms with Crippen molar-refractivity contribution >= 4 is 52.6 Å². The van der Waals surface area contributed by atoms with E-state index in [0.29, 0.717) is 38.5 Å². The van der Waals surface area contributed by atoms with Crippen LogP contribution < -0.4 is 9.64 Å². The third-order valence-electron chi connectivity index (χ3n) is 10.7. The summed E-state index contributed by atoms with van der Waals surface area (Å²) in [4.78, 5) is 82.2. The summed E-state index contributed by atoms with van der Waals surface area (Å²) >= 11 is 0.960. The summed E-state index contributed by atoms with van der Waals surface area (Å²) in [5, 5.41) is 0. The molecule has 0 aliphatic carbocycles. The average molecular weight is 857 g/mol. The average Bonchev–Trinajstić information content (AvgIpc) is 3.64. The van der Waals surface area contributed by atoms with E-state index in [1.165, 1.54) is 46.4 Å². The van der Waals surface area contributed by atoms with Crippen molar-refractivity contribution in [3.63, 3.8) is 0 Å². The number of esters is 1. The van der Waals surface area contributed by atoms with Gasteiger partial charge in [0, 0.05) is 18.6 Å². The molecule has 17 nitrogen and oxygen atoms in total. The van der Waals surface area contributed by atoms with Crippen LogP contribution in [-0.2, 0) is 57.2 Å². The highest BCUT2D eigenvalue weighted by atomic mass is 32.1. The third-order valence-corrected chi connectivity index (χ3v) is 11.2. The number of ketones is 4. The molecule has 5 atom stereocenters. The van der Waals surface area contributed by atoms with Crippen LogP contribution in [-0.4, -0.2) is 148 Å². The van der Waals surface area contributed by atoms with E-state index in [1.807, 2.05) is 4.90 Å². The Morgan fingerprint density at radius 2 is 1.34 bits per heavy atom. The van der Waals surface area contributed by atoms with Crippen LogP contribution in [0.3, 0.4) is 0 Å². The number of aromatic nitrogens is 2. The molecule has 336 valence electrons. The minimum absolute atomic E-state index is 0.168. The van der Waals surface area contributed by atoms with Crippen LogP contribution in [0.15, 0.2) is 0 Å².